The number of rotatable bonds is 4. The summed E-state index contributed by atoms with van der Waals surface area (Å²) in [5.74, 6) is 0.626. The standard InChI is InChI=1S/C24H33Cl2N3O2/c25-20-14-19(15-21(26)16-20)23(30)29-11-5-6-22(29)24(31)28-12-7-18(8-13-28)17-27-9-3-1-2-4-10-27/h14-16,18,22H,1-13,17H2. The zero-order valence-electron chi connectivity index (χ0n) is 18.2. The van der Waals surface area contributed by atoms with Crippen LogP contribution in [-0.2, 0) is 4.79 Å². The van der Waals surface area contributed by atoms with Crippen molar-refractivity contribution in [1.29, 1.82) is 0 Å². The van der Waals surface area contributed by atoms with E-state index in [0.717, 1.165) is 38.8 Å². The second-order valence-corrected chi connectivity index (χ2v) is 10.2. The maximum atomic E-state index is 13.3. The van der Waals surface area contributed by atoms with Crippen molar-refractivity contribution in [3.8, 4) is 0 Å². The van der Waals surface area contributed by atoms with Gasteiger partial charge in [-0.3, -0.25) is 9.59 Å². The molecule has 1 aromatic carbocycles. The molecule has 3 aliphatic heterocycles. The highest BCUT2D eigenvalue weighted by Gasteiger charge is 2.38. The fraction of sp³-hybridized carbons (Fsp3) is 0.667. The third-order valence-electron chi connectivity index (χ3n) is 7.05. The lowest BCUT2D eigenvalue weighted by atomic mass is 9.95. The van der Waals surface area contributed by atoms with Gasteiger partial charge in [-0.1, -0.05) is 36.0 Å². The van der Waals surface area contributed by atoms with Crippen LogP contribution in [0.2, 0.25) is 10.0 Å². The molecule has 3 saturated heterocycles. The van der Waals surface area contributed by atoms with Crippen molar-refractivity contribution in [2.24, 2.45) is 5.92 Å². The predicted octanol–water partition coefficient (Wildman–Crippen LogP) is 4.71. The van der Waals surface area contributed by atoms with Crippen molar-refractivity contribution in [2.75, 3.05) is 39.3 Å². The summed E-state index contributed by atoms with van der Waals surface area (Å²) >= 11 is 12.2. The van der Waals surface area contributed by atoms with E-state index in [1.165, 1.54) is 45.3 Å². The molecule has 31 heavy (non-hydrogen) atoms. The van der Waals surface area contributed by atoms with Gasteiger partial charge in [0.1, 0.15) is 6.04 Å². The van der Waals surface area contributed by atoms with E-state index in [2.05, 4.69) is 4.90 Å². The number of carbonyl (C=O) groups excluding carboxylic acids is 2. The van der Waals surface area contributed by atoms with Gasteiger partial charge in [-0.2, -0.15) is 0 Å². The Bertz CT molecular complexity index is 767. The van der Waals surface area contributed by atoms with Crippen LogP contribution in [0.4, 0.5) is 0 Å². The molecule has 0 aromatic heterocycles. The molecule has 1 aromatic rings. The topological polar surface area (TPSA) is 43.9 Å². The summed E-state index contributed by atoms with van der Waals surface area (Å²) in [6.07, 6.45) is 9.07. The Morgan fingerprint density at radius 3 is 2.10 bits per heavy atom. The fourth-order valence-corrected chi connectivity index (χ4v) is 5.87. The number of nitrogens with zero attached hydrogens (tertiary/aromatic N) is 3. The predicted molar refractivity (Wildman–Crippen MR) is 125 cm³/mol. The second-order valence-electron chi connectivity index (χ2n) is 9.30. The number of halogens is 2. The molecule has 3 fully saturated rings. The molecule has 7 heteroatoms. The molecule has 0 spiro atoms. The summed E-state index contributed by atoms with van der Waals surface area (Å²) in [5, 5.41) is 0.869. The summed E-state index contributed by atoms with van der Waals surface area (Å²) in [6.45, 7) is 5.84. The molecule has 170 valence electrons. The summed E-state index contributed by atoms with van der Waals surface area (Å²) in [7, 11) is 0. The van der Waals surface area contributed by atoms with E-state index in [-0.39, 0.29) is 17.9 Å². The molecule has 0 saturated carbocycles. The average molecular weight is 466 g/mol. The number of likely N-dealkylation sites (tertiary alicyclic amines) is 3. The first-order valence-corrected chi connectivity index (χ1v) is 12.5. The SMILES string of the molecule is O=C(C1CCCN1C(=O)c1cc(Cl)cc(Cl)c1)N1CCC(CN2CCCCCC2)CC1. The number of carbonyl (C=O) groups is 2. The van der Waals surface area contributed by atoms with E-state index < -0.39 is 0 Å². The monoisotopic (exact) mass is 465 g/mol. The largest absolute Gasteiger partial charge is 0.341 e. The van der Waals surface area contributed by atoms with Gasteiger partial charge in [0.2, 0.25) is 5.91 Å². The first kappa shape index (κ1) is 22.9. The summed E-state index contributed by atoms with van der Waals surface area (Å²) < 4.78 is 0. The summed E-state index contributed by atoms with van der Waals surface area (Å²) in [5.41, 5.74) is 0.452. The minimum Gasteiger partial charge on any atom is -0.341 e. The quantitative estimate of drug-likeness (QED) is 0.646. The van der Waals surface area contributed by atoms with Crippen LogP contribution in [0, 0.1) is 5.92 Å². The lowest BCUT2D eigenvalue weighted by Crippen LogP contribution is -2.50. The van der Waals surface area contributed by atoms with Gasteiger partial charge in [-0.05, 0) is 75.7 Å². The number of amides is 2. The highest BCUT2D eigenvalue weighted by atomic mass is 35.5. The van der Waals surface area contributed by atoms with Gasteiger partial charge >= 0.3 is 0 Å². The van der Waals surface area contributed by atoms with Gasteiger partial charge in [-0.15, -0.1) is 0 Å². The van der Waals surface area contributed by atoms with Crippen molar-refractivity contribution in [2.45, 2.75) is 57.4 Å². The molecular formula is C24H33Cl2N3O2. The Balaban J connectivity index is 1.33. The van der Waals surface area contributed by atoms with Crippen molar-refractivity contribution >= 4 is 35.0 Å². The zero-order valence-corrected chi connectivity index (χ0v) is 19.7. The normalized spacial score (nSPS) is 23.7. The van der Waals surface area contributed by atoms with E-state index in [9.17, 15) is 9.59 Å². The fourth-order valence-electron chi connectivity index (χ4n) is 5.34. The molecule has 0 radical (unpaired) electrons. The summed E-state index contributed by atoms with van der Waals surface area (Å²) in [4.78, 5) is 32.7. The average Bonchev–Trinajstić information content (AvgIpc) is 3.10. The van der Waals surface area contributed by atoms with Gasteiger partial charge in [0.15, 0.2) is 0 Å². The smallest absolute Gasteiger partial charge is 0.254 e. The van der Waals surface area contributed by atoms with E-state index in [1.54, 1.807) is 23.1 Å². The Labute approximate surface area is 195 Å². The maximum absolute atomic E-state index is 13.3. The summed E-state index contributed by atoms with van der Waals surface area (Å²) in [6, 6.07) is 4.50. The molecule has 0 aliphatic carbocycles. The molecule has 0 bridgehead atoms. The third-order valence-corrected chi connectivity index (χ3v) is 7.49. The Morgan fingerprint density at radius 1 is 0.806 bits per heavy atom. The van der Waals surface area contributed by atoms with Crippen LogP contribution in [-0.4, -0.2) is 71.8 Å². The minimum atomic E-state index is -0.368. The van der Waals surface area contributed by atoms with Crippen molar-refractivity contribution < 1.29 is 9.59 Å². The Morgan fingerprint density at radius 2 is 1.45 bits per heavy atom. The van der Waals surface area contributed by atoms with Crippen LogP contribution in [0.5, 0.6) is 0 Å². The van der Waals surface area contributed by atoms with E-state index >= 15 is 0 Å². The van der Waals surface area contributed by atoms with Gasteiger partial charge in [0, 0.05) is 41.8 Å². The van der Waals surface area contributed by atoms with Crippen molar-refractivity contribution in [3.63, 3.8) is 0 Å². The van der Waals surface area contributed by atoms with Crippen LogP contribution >= 0.6 is 23.2 Å². The zero-order chi connectivity index (χ0) is 21.8. The molecule has 3 aliphatic rings. The molecule has 2 amide bonds. The van der Waals surface area contributed by atoms with Gasteiger partial charge in [0.05, 0.1) is 0 Å². The number of piperidine rings is 1. The van der Waals surface area contributed by atoms with Crippen LogP contribution in [0.25, 0.3) is 0 Å². The van der Waals surface area contributed by atoms with Crippen LogP contribution in [0.15, 0.2) is 18.2 Å². The lowest BCUT2D eigenvalue weighted by Gasteiger charge is -2.37. The van der Waals surface area contributed by atoms with E-state index in [1.807, 2.05) is 4.90 Å². The Kier molecular flexibility index (Phi) is 7.78. The minimum absolute atomic E-state index is 0.104. The second kappa shape index (κ2) is 10.5. The highest BCUT2D eigenvalue weighted by molar-refractivity contribution is 6.35. The number of benzene rings is 1. The molecular weight excluding hydrogens is 433 g/mol. The van der Waals surface area contributed by atoms with E-state index in [4.69, 9.17) is 23.2 Å². The Hall–Kier alpha value is -1.30. The van der Waals surface area contributed by atoms with Crippen LogP contribution in [0.3, 0.4) is 0 Å². The molecule has 3 heterocycles. The molecule has 1 atom stereocenters. The first-order valence-electron chi connectivity index (χ1n) is 11.8. The van der Waals surface area contributed by atoms with Gasteiger partial charge in [-0.25, -0.2) is 0 Å². The molecule has 4 rings (SSSR count). The van der Waals surface area contributed by atoms with Gasteiger partial charge in [0.25, 0.3) is 5.91 Å². The molecule has 5 nitrogen and oxygen atoms in total. The van der Waals surface area contributed by atoms with Crippen molar-refractivity contribution in [3.05, 3.63) is 33.8 Å². The highest BCUT2D eigenvalue weighted by Crippen LogP contribution is 2.27. The van der Waals surface area contributed by atoms with Gasteiger partial charge < -0.3 is 14.7 Å². The first-order chi connectivity index (χ1) is 15.0. The van der Waals surface area contributed by atoms with E-state index in [0.29, 0.717) is 28.1 Å². The third kappa shape index (κ3) is 5.74. The molecule has 1 unspecified atom stereocenters. The maximum Gasteiger partial charge on any atom is 0.254 e. The van der Waals surface area contributed by atoms with Crippen LogP contribution < -0.4 is 0 Å². The van der Waals surface area contributed by atoms with Crippen molar-refractivity contribution in [1.82, 2.24) is 14.7 Å². The number of hydrogen-bond acceptors (Lipinski definition) is 3. The number of hydrogen-bond donors (Lipinski definition) is 0. The molecule has 0 N–H and O–H groups in total. The lowest BCUT2D eigenvalue weighted by molar-refractivity contribution is -0.136. The van der Waals surface area contributed by atoms with Crippen LogP contribution in [0.1, 0.15) is 61.7 Å².